The number of anilines is 1. The Bertz CT molecular complexity index is 352. The second kappa shape index (κ2) is 8.76. The number of rotatable bonds is 1. The van der Waals surface area contributed by atoms with Gasteiger partial charge in [0.15, 0.2) is 4.98 Å². The SMILES string of the molecule is Cc1cc([N+]#N)cc(C)c1N(C)C.[Cl-].[Cl-].[Zn]. The summed E-state index contributed by atoms with van der Waals surface area (Å²) < 4.78 is 0. The Balaban J connectivity index is -0.000000563. The first-order chi connectivity index (χ1) is 6.06. The zero-order valence-electron chi connectivity index (χ0n) is 9.96. The normalized spacial score (nSPS) is 7.69. The molecule has 0 saturated carbocycles. The minimum Gasteiger partial charge on any atom is -1.00 e. The van der Waals surface area contributed by atoms with Crippen LogP contribution in [0.15, 0.2) is 12.1 Å². The van der Waals surface area contributed by atoms with Gasteiger partial charge in [-0.05, 0) is 25.0 Å². The molecule has 6 heteroatoms. The second-order valence-corrected chi connectivity index (χ2v) is 3.42. The first-order valence-corrected chi connectivity index (χ1v) is 4.20. The summed E-state index contributed by atoms with van der Waals surface area (Å²) in [5, 5.41) is 8.63. The quantitative estimate of drug-likeness (QED) is 0.405. The predicted molar refractivity (Wildman–Crippen MR) is 55.0 cm³/mol. The summed E-state index contributed by atoms with van der Waals surface area (Å²) >= 11 is 0. The molecule has 0 aromatic heterocycles. The molecule has 0 atom stereocenters. The number of nitrogens with zero attached hydrogens (tertiary/aromatic N) is 3. The molecule has 0 radical (unpaired) electrons. The number of benzene rings is 1. The van der Waals surface area contributed by atoms with Gasteiger partial charge >= 0.3 is 5.69 Å². The maximum atomic E-state index is 8.63. The van der Waals surface area contributed by atoms with Gasteiger partial charge in [-0.3, -0.25) is 0 Å². The molecule has 1 aromatic rings. The maximum absolute atomic E-state index is 8.63. The van der Waals surface area contributed by atoms with Crippen LogP contribution in [0.3, 0.4) is 0 Å². The van der Waals surface area contributed by atoms with Gasteiger partial charge in [0, 0.05) is 51.4 Å². The Morgan fingerprint density at radius 2 is 1.44 bits per heavy atom. The number of hydrogen-bond donors (Lipinski definition) is 0. The van der Waals surface area contributed by atoms with Crippen molar-refractivity contribution in [2.75, 3.05) is 19.0 Å². The second-order valence-electron chi connectivity index (χ2n) is 3.42. The minimum absolute atomic E-state index is 0. The van der Waals surface area contributed by atoms with Gasteiger partial charge in [0.2, 0.25) is 5.39 Å². The molecular formula is C10H14Cl2N3Zn-. The predicted octanol–water partition coefficient (Wildman–Crippen LogP) is -3.14. The first kappa shape index (κ1) is 21.0. The van der Waals surface area contributed by atoms with Gasteiger partial charge in [0.25, 0.3) is 0 Å². The van der Waals surface area contributed by atoms with Crippen molar-refractivity contribution in [2.45, 2.75) is 13.8 Å². The molecule has 0 spiro atoms. The Morgan fingerprint density at radius 1 is 1.06 bits per heavy atom. The van der Waals surface area contributed by atoms with Crippen LogP contribution < -0.4 is 29.7 Å². The van der Waals surface area contributed by atoms with E-state index in [1.807, 2.05) is 40.1 Å². The van der Waals surface area contributed by atoms with Crippen LogP contribution in [-0.2, 0) is 19.5 Å². The molecule has 1 aromatic carbocycles. The number of halogens is 2. The van der Waals surface area contributed by atoms with E-state index in [1.54, 1.807) is 0 Å². The molecular weight excluding hydrogens is 298 g/mol. The molecule has 0 aliphatic carbocycles. The Morgan fingerprint density at radius 3 is 1.69 bits per heavy atom. The molecule has 0 amide bonds. The average molecular weight is 313 g/mol. The molecule has 86 valence electrons. The summed E-state index contributed by atoms with van der Waals surface area (Å²) in [6, 6.07) is 3.73. The van der Waals surface area contributed by atoms with Crippen LogP contribution in [0.5, 0.6) is 0 Å². The number of aryl methyl sites for hydroxylation is 2. The van der Waals surface area contributed by atoms with E-state index in [4.69, 9.17) is 5.39 Å². The van der Waals surface area contributed by atoms with Crippen molar-refractivity contribution < 1.29 is 44.3 Å². The van der Waals surface area contributed by atoms with Gasteiger partial charge in [-0.25, -0.2) is 0 Å². The largest absolute Gasteiger partial charge is 1.00 e. The van der Waals surface area contributed by atoms with E-state index in [0.717, 1.165) is 11.1 Å². The standard InChI is InChI=1S/C10H14N3.2ClH.Zn/c1-7-5-9(12-11)6-8(2)10(7)13(3)4;;;/h5-6H,1-4H3;2*1H;/q+1;;;/p-2. The molecule has 0 aliphatic rings. The van der Waals surface area contributed by atoms with Crippen LogP contribution in [0.2, 0.25) is 0 Å². The fourth-order valence-electron chi connectivity index (χ4n) is 1.70. The Kier molecular flexibility index (Phi) is 11.5. The summed E-state index contributed by atoms with van der Waals surface area (Å²) in [5.74, 6) is 0. The third kappa shape index (κ3) is 4.66. The smallest absolute Gasteiger partial charge is 0.385 e. The van der Waals surface area contributed by atoms with E-state index in [2.05, 4.69) is 9.88 Å². The Labute approximate surface area is 122 Å². The van der Waals surface area contributed by atoms with Crippen LogP contribution in [0.4, 0.5) is 11.4 Å². The average Bonchev–Trinajstić information content (AvgIpc) is 2.02. The van der Waals surface area contributed by atoms with Crippen LogP contribution >= 0.6 is 0 Å². The van der Waals surface area contributed by atoms with Crippen molar-refractivity contribution >= 4 is 11.4 Å². The maximum Gasteiger partial charge on any atom is 0.385 e. The number of diazo groups is 1. The van der Waals surface area contributed by atoms with E-state index in [1.165, 1.54) is 5.69 Å². The van der Waals surface area contributed by atoms with E-state index in [-0.39, 0.29) is 44.3 Å². The summed E-state index contributed by atoms with van der Waals surface area (Å²) in [5.41, 5.74) is 4.05. The summed E-state index contributed by atoms with van der Waals surface area (Å²) in [6.45, 7) is 4.02. The van der Waals surface area contributed by atoms with E-state index in [0.29, 0.717) is 5.69 Å². The van der Waals surface area contributed by atoms with Crippen LogP contribution in [0.1, 0.15) is 11.1 Å². The molecule has 0 heterocycles. The fourth-order valence-corrected chi connectivity index (χ4v) is 1.70. The molecule has 0 aliphatic heterocycles. The van der Waals surface area contributed by atoms with Crippen LogP contribution in [-0.4, -0.2) is 14.1 Å². The van der Waals surface area contributed by atoms with Crippen molar-refractivity contribution in [3.63, 3.8) is 0 Å². The fraction of sp³-hybridized carbons (Fsp3) is 0.400. The van der Waals surface area contributed by atoms with Crippen molar-refractivity contribution in [1.82, 2.24) is 0 Å². The molecule has 0 N–H and O–H groups in total. The summed E-state index contributed by atoms with van der Waals surface area (Å²) in [7, 11) is 4.01. The molecule has 0 unspecified atom stereocenters. The van der Waals surface area contributed by atoms with E-state index in [9.17, 15) is 0 Å². The van der Waals surface area contributed by atoms with Crippen molar-refractivity contribution in [1.29, 1.82) is 5.39 Å². The van der Waals surface area contributed by atoms with E-state index >= 15 is 0 Å². The summed E-state index contributed by atoms with van der Waals surface area (Å²) in [4.78, 5) is 5.24. The zero-order chi connectivity index (χ0) is 10.0. The van der Waals surface area contributed by atoms with Gasteiger partial charge < -0.3 is 29.7 Å². The topological polar surface area (TPSA) is 31.4 Å². The van der Waals surface area contributed by atoms with Gasteiger partial charge in [-0.2, -0.15) is 0 Å². The molecule has 3 nitrogen and oxygen atoms in total. The first-order valence-electron chi connectivity index (χ1n) is 4.20. The van der Waals surface area contributed by atoms with Gasteiger partial charge in [0.05, 0.1) is 0 Å². The van der Waals surface area contributed by atoms with Crippen molar-refractivity contribution in [2.24, 2.45) is 0 Å². The molecule has 0 bridgehead atoms. The number of hydrogen-bond acceptors (Lipinski definition) is 2. The molecule has 1 rings (SSSR count). The van der Waals surface area contributed by atoms with Crippen LogP contribution in [0, 0.1) is 19.2 Å². The van der Waals surface area contributed by atoms with E-state index < -0.39 is 0 Å². The van der Waals surface area contributed by atoms with Crippen molar-refractivity contribution in [3.05, 3.63) is 28.2 Å². The van der Waals surface area contributed by atoms with Crippen molar-refractivity contribution in [3.8, 4) is 0 Å². The summed E-state index contributed by atoms with van der Waals surface area (Å²) in [6.07, 6.45) is 0. The minimum atomic E-state index is 0. The molecule has 0 fully saturated rings. The Hall–Kier alpha value is -0.357. The third-order valence-electron chi connectivity index (χ3n) is 2.04. The van der Waals surface area contributed by atoms with Gasteiger partial charge in [0.1, 0.15) is 0 Å². The van der Waals surface area contributed by atoms with Crippen LogP contribution in [0.25, 0.3) is 4.98 Å². The monoisotopic (exact) mass is 310 g/mol. The third-order valence-corrected chi connectivity index (χ3v) is 2.04. The van der Waals surface area contributed by atoms with Gasteiger partial charge in [-0.1, -0.05) is 0 Å². The van der Waals surface area contributed by atoms with Gasteiger partial charge in [-0.15, -0.1) is 0 Å². The molecule has 16 heavy (non-hydrogen) atoms. The molecule has 0 saturated heterocycles. The zero-order valence-corrected chi connectivity index (χ0v) is 14.4.